The lowest BCUT2D eigenvalue weighted by Crippen LogP contribution is -2.19. The van der Waals surface area contributed by atoms with Gasteiger partial charge in [-0.2, -0.15) is 15.0 Å². The van der Waals surface area contributed by atoms with E-state index in [0.29, 0.717) is 19.1 Å². The van der Waals surface area contributed by atoms with Crippen LogP contribution >= 0.6 is 38.9 Å². The molecule has 0 spiro atoms. The predicted molar refractivity (Wildman–Crippen MR) is 84.7 cm³/mol. The molecule has 0 aromatic carbocycles. The van der Waals surface area contributed by atoms with Crippen molar-refractivity contribution in [1.82, 2.24) is 15.0 Å². The van der Waals surface area contributed by atoms with Crippen LogP contribution in [0.2, 0.25) is 5.28 Å². The van der Waals surface area contributed by atoms with Crippen molar-refractivity contribution in [3.05, 3.63) is 26.1 Å². The molecule has 2 aromatic rings. The van der Waals surface area contributed by atoms with E-state index in [-0.39, 0.29) is 11.3 Å². The van der Waals surface area contributed by atoms with Gasteiger partial charge >= 0.3 is 6.01 Å². The maximum absolute atomic E-state index is 5.91. The summed E-state index contributed by atoms with van der Waals surface area (Å²) in [4.78, 5) is 15.5. The quantitative estimate of drug-likeness (QED) is 0.767. The first-order valence-electron chi connectivity index (χ1n) is 6.07. The first-order chi connectivity index (χ1) is 9.58. The standard InChI is InChI=1S/C12H14BrClN4OS/c1-3-4-19-12-16-10(14)15-11(17-12)18(2)6-9-5-8(13)7-20-9/h5,7H,3-4,6H2,1-2H3. The lowest BCUT2D eigenvalue weighted by atomic mass is 10.4. The summed E-state index contributed by atoms with van der Waals surface area (Å²) in [5, 5.41) is 2.18. The van der Waals surface area contributed by atoms with E-state index in [1.165, 1.54) is 4.88 Å². The Labute approximate surface area is 135 Å². The van der Waals surface area contributed by atoms with Gasteiger partial charge in [-0.25, -0.2) is 0 Å². The zero-order valence-corrected chi connectivity index (χ0v) is 14.3. The maximum Gasteiger partial charge on any atom is 0.322 e. The molecule has 2 rings (SSSR count). The van der Waals surface area contributed by atoms with E-state index in [0.717, 1.165) is 10.9 Å². The highest BCUT2D eigenvalue weighted by atomic mass is 79.9. The van der Waals surface area contributed by atoms with Gasteiger partial charge in [0.1, 0.15) is 0 Å². The number of anilines is 1. The van der Waals surface area contributed by atoms with Gasteiger partial charge in [0, 0.05) is 21.8 Å². The summed E-state index contributed by atoms with van der Waals surface area (Å²) in [6, 6.07) is 2.33. The van der Waals surface area contributed by atoms with Gasteiger partial charge < -0.3 is 9.64 Å². The second-order valence-electron chi connectivity index (χ2n) is 4.12. The Kier molecular flexibility index (Phi) is 5.56. The van der Waals surface area contributed by atoms with E-state index in [2.05, 4.69) is 36.9 Å². The molecule has 5 nitrogen and oxygen atoms in total. The molecule has 0 saturated carbocycles. The van der Waals surface area contributed by atoms with Crippen LogP contribution in [0, 0.1) is 0 Å². The lowest BCUT2D eigenvalue weighted by molar-refractivity contribution is 0.291. The van der Waals surface area contributed by atoms with Crippen molar-refractivity contribution in [2.75, 3.05) is 18.6 Å². The molecule has 0 aliphatic carbocycles. The van der Waals surface area contributed by atoms with E-state index < -0.39 is 0 Å². The molecule has 2 aromatic heterocycles. The van der Waals surface area contributed by atoms with Crippen LogP contribution in [-0.4, -0.2) is 28.6 Å². The van der Waals surface area contributed by atoms with Crippen LogP contribution in [0.15, 0.2) is 15.9 Å². The fraction of sp³-hybridized carbons (Fsp3) is 0.417. The number of hydrogen-bond donors (Lipinski definition) is 0. The maximum atomic E-state index is 5.91. The third-order valence-electron chi connectivity index (χ3n) is 2.37. The highest BCUT2D eigenvalue weighted by molar-refractivity contribution is 9.10. The van der Waals surface area contributed by atoms with E-state index >= 15 is 0 Å². The number of hydrogen-bond acceptors (Lipinski definition) is 6. The van der Waals surface area contributed by atoms with Crippen molar-refractivity contribution in [2.24, 2.45) is 0 Å². The van der Waals surface area contributed by atoms with E-state index in [1.54, 1.807) is 11.3 Å². The smallest absolute Gasteiger partial charge is 0.322 e. The molecular formula is C12H14BrClN4OS. The Morgan fingerprint density at radius 3 is 2.85 bits per heavy atom. The van der Waals surface area contributed by atoms with E-state index in [1.807, 2.05) is 24.3 Å². The molecule has 0 fully saturated rings. The molecule has 0 unspecified atom stereocenters. The highest BCUT2D eigenvalue weighted by Crippen LogP contribution is 2.23. The number of rotatable bonds is 6. The fourth-order valence-corrected chi connectivity index (χ4v) is 3.14. The Bertz CT molecular complexity index is 580. The van der Waals surface area contributed by atoms with Gasteiger partial charge in [0.2, 0.25) is 11.2 Å². The Balaban J connectivity index is 2.12. The Morgan fingerprint density at radius 2 is 2.20 bits per heavy atom. The second kappa shape index (κ2) is 7.19. The van der Waals surface area contributed by atoms with Gasteiger partial charge in [-0.3, -0.25) is 0 Å². The number of nitrogens with zero attached hydrogens (tertiary/aromatic N) is 4. The van der Waals surface area contributed by atoms with Gasteiger partial charge in [0.25, 0.3) is 0 Å². The molecule has 0 radical (unpaired) electrons. The minimum atomic E-state index is 0.139. The van der Waals surface area contributed by atoms with Gasteiger partial charge in [0.15, 0.2) is 0 Å². The zero-order valence-electron chi connectivity index (χ0n) is 11.1. The topological polar surface area (TPSA) is 51.1 Å². The van der Waals surface area contributed by atoms with Crippen LogP contribution in [0.25, 0.3) is 0 Å². The first kappa shape index (κ1) is 15.5. The monoisotopic (exact) mass is 376 g/mol. The Morgan fingerprint density at radius 1 is 1.40 bits per heavy atom. The normalized spacial score (nSPS) is 10.6. The molecule has 20 heavy (non-hydrogen) atoms. The molecule has 2 heterocycles. The van der Waals surface area contributed by atoms with Crippen LogP contribution < -0.4 is 9.64 Å². The summed E-state index contributed by atoms with van der Waals surface area (Å²) in [5.41, 5.74) is 0. The van der Waals surface area contributed by atoms with Crippen molar-refractivity contribution in [1.29, 1.82) is 0 Å². The minimum absolute atomic E-state index is 0.139. The Hall–Kier alpha value is -0.920. The molecule has 0 aliphatic heterocycles. The molecule has 0 bridgehead atoms. The fourth-order valence-electron chi connectivity index (χ4n) is 1.49. The van der Waals surface area contributed by atoms with Crippen LogP contribution in [0.5, 0.6) is 6.01 Å². The SMILES string of the molecule is CCCOc1nc(Cl)nc(N(C)Cc2cc(Br)cs2)n1. The average Bonchev–Trinajstić information content (AvgIpc) is 2.81. The van der Waals surface area contributed by atoms with Crippen LogP contribution in [0.1, 0.15) is 18.2 Å². The summed E-state index contributed by atoms with van der Waals surface area (Å²) in [5.74, 6) is 0.501. The molecule has 108 valence electrons. The van der Waals surface area contributed by atoms with Crippen molar-refractivity contribution in [2.45, 2.75) is 19.9 Å². The molecule has 0 N–H and O–H groups in total. The summed E-state index contributed by atoms with van der Waals surface area (Å²) in [6.45, 7) is 3.27. The van der Waals surface area contributed by atoms with Gasteiger partial charge in [0.05, 0.1) is 13.2 Å². The largest absolute Gasteiger partial charge is 0.463 e. The van der Waals surface area contributed by atoms with E-state index in [9.17, 15) is 0 Å². The average molecular weight is 378 g/mol. The number of ether oxygens (including phenoxy) is 1. The molecule has 0 atom stereocenters. The van der Waals surface area contributed by atoms with E-state index in [4.69, 9.17) is 16.3 Å². The van der Waals surface area contributed by atoms with Gasteiger partial charge in [-0.05, 0) is 40.0 Å². The van der Waals surface area contributed by atoms with Gasteiger partial charge in [-0.15, -0.1) is 11.3 Å². The number of halogens is 2. The number of aromatic nitrogens is 3. The second-order valence-corrected chi connectivity index (χ2v) is 6.37. The van der Waals surface area contributed by atoms with Crippen LogP contribution in [0.4, 0.5) is 5.95 Å². The molecule has 0 aliphatic rings. The molecular weight excluding hydrogens is 364 g/mol. The summed E-state index contributed by atoms with van der Waals surface area (Å²) < 4.78 is 6.48. The first-order valence-corrected chi connectivity index (χ1v) is 8.12. The molecule has 0 amide bonds. The third kappa shape index (κ3) is 4.29. The van der Waals surface area contributed by atoms with Crippen molar-refractivity contribution in [3.63, 3.8) is 0 Å². The zero-order chi connectivity index (χ0) is 14.5. The van der Waals surface area contributed by atoms with Crippen molar-refractivity contribution < 1.29 is 4.74 Å². The van der Waals surface area contributed by atoms with Gasteiger partial charge in [-0.1, -0.05) is 6.92 Å². The van der Waals surface area contributed by atoms with Crippen LogP contribution in [0.3, 0.4) is 0 Å². The summed E-state index contributed by atoms with van der Waals surface area (Å²) in [7, 11) is 1.91. The summed E-state index contributed by atoms with van der Waals surface area (Å²) >= 11 is 11.0. The van der Waals surface area contributed by atoms with Crippen molar-refractivity contribution >= 4 is 44.8 Å². The highest BCUT2D eigenvalue weighted by Gasteiger charge is 2.11. The summed E-state index contributed by atoms with van der Waals surface area (Å²) in [6.07, 6.45) is 0.887. The predicted octanol–water partition coefficient (Wildman–Crippen LogP) is 3.77. The minimum Gasteiger partial charge on any atom is -0.463 e. The lowest BCUT2D eigenvalue weighted by Gasteiger charge is -2.16. The molecule has 0 saturated heterocycles. The molecule has 8 heteroatoms. The van der Waals surface area contributed by atoms with Crippen molar-refractivity contribution in [3.8, 4) is 6.01 Å². The van der Waals surface area contributed by atoms with Crippen LogP contribution in [-0.2, 0) is 6.54 Å². The third-order valence-corrected chi connectivity index (χ3v) is 4.22. The number of thiophene rings is 1.